The van der Waals surface area contributed by atoms with Gasteiger partial charge in [-0.25, -0.2) is 0 Å². The van der Waals surface area contributed by atoms with Gasteiger partial charge in [-0.3, -0.25) is 4.98 Å². The van der Waals surface area contributed by atoms with Crippen molar-refractivity contribution in [3.8, 4) is 0 Å². The van der Waals surface area contributed by atoms with Crippen LogP contribution in [-0.4, -0.2) is 11.5 Å². The van der Waals surface area contributed by atoms with Crippen LogP contribution in [0.1, 0.15) is 45.3 Å². The molecule has 0 radical (unpaired) electrons. The molecule has 1 aromatic carbocycles. The fourth-order valence-electron chi connectivity index (χ4n) is 2.39. The lowest BCUT2D eigenvalue weighted by atomic mass is 9.95. The van der Waals surface area contributed by atoms with Gasteiger partial charge < -0.3 is 5.32 Å². The lowest BCUT2D eigenvalue weighted by Crippen LogP contribution is -2.28. The second kappa shape index (κ2) is 6.67. The van der Waals surface area contributed by atoms with Gasteiger partial charge in [0.2, 0.25) is 0 Å². The van der Waals surface area contributed by atoms with Crippen molar-refractivity contribution in [1.29, 1.82) is 0 Å². The molecule has 19 heavy (non-hydrogen) atoms. The van der Waals surface area contributed by atoms with Crippen molar-refractivity contribution < 1.29 is 0 Å². The summed E-state index contributed by atoms with van der Waals surface area (Å²) in [6, 6.07) is 13.0. The smallest absolute Gasteiger partial charge is 0.0706 e. The highest BCUT2D eigenvalue weighted by Gasteiger charge is 2.18. The molecule has 0 fully saturated rings. The number of nitrogens with zero attached hydrogens (tertiary/aromatic N) is 1. The topological polar surface area (TPSA) is 24.9 Å². The van der Waals surface area contributed by atoms with Crippen LogP contribution in [0.5, 0.6) is 0 Å². The number of hydrogen-bond acceptors (Lipinski definition) is 2. The zero-order chi connectivity index (χ0) is 13.7. The number of benzene rings is 1. The van der Waals surface area contributed by atoms with Gasteiger partial charge in [0.05, 0.1) is 17.3 Å². The Morgan fingerprint density at radius 3 is 2.63 bits per heavy atom. The Balaban J connectivity index is 2.32. The minimum absolute atomic E-state index is 0.356. The van der Waals surface area contributed by atoms with Gasteiger partial charge in [-0.2, -0.15) is 0 Å². The highest BCUT2D eigenvalue weighted by Crippen LogP contribution is 2.24. The Morgan fingerprint density at radius 1 is 1.11 bits per heavy atom. The van der Waals surface area contributed by atoms with E-state index in [1.54, 1.807) is 0 Å². The summed E-state index contributed by atoms with van der Waals surface area (Å²) < 4.78 is 0. The Labute approximate surface area is 116 Å². The molecule has 2 heteroatoms. The first-order valence-corrected chi connectivity index (χ1v) is 7.35. The van der Waals surface area contributed by atoms with Gasteiger partial charge in [-0.1, -0.05) is 51.5 Å². The molecule has 0 aliphatic carbocycles. The summed E-state index contributed by atoms with van der Waals surface area (Å²) in [4.78, 5) is 4.83. The summed E-state index contributed by atoms with van der Waals surface area (Å²) in [7, 11) is 0. The number of nitrogens with one attached hydrogen (secondary N) is 1. The van der Waals surface area contributed by atoms with Gasteiger partial charge in [-0.15, -0.1) is 0 Å². The molecular formula is C17H24N2. The maximum Gasteiger partial charge on any atom is 0.0706 e. The van der Waals surface area contributed by atoms with Crippen LogP contribution in [0.4, 0.5) is 0 Å². The minimum Gasteiger partial charge on any atom is -0.308 e. The molecule has 1 heterocycles. The molecule has 2 rings (SSSR count). The number of pyridine rings is 1. The molecule has 2 nitrogen and oxygen atoms in total. The molecule has 2 unspecified atom stereocenters. The third-order valence-electron chi connectivity index (χ3n) is 3.77. The van der Waals surface area contributed by atoms with E-state index >= 15 is 0 Å². The molecule has 0 saturated carbocycles. The molecule has 0 aliphatic rings. The van der Waals surface area contributed by atoms with Crippen molar-refractivity contribution >= 4 is 10.9 Å². The molecule has 0 aliphatic heterocycles. The second-order valence-corrected chi connectivity index (χ2v) is 5.25. The van der Waals surface area contributed by atoms with Crippen molar-refractivity contribution in [1.82, 2.24) is 10.3 Å². The number of fused-ring (bicyclic) bond motifs is 1. The molecule has 0 saturated heterocycles. The Morgan fingerprint density at radius 2 is 1.89 bits per heavy atom. The van der Waals surface area contributed by atoms with Crippen LogP contribution in [-0.2, 0) is 0 Å². The number of aromatic nitrogens is 1. The van der Waals surface area contributed by atoms with E-state index in [1.807, 2.05) is 0 Å². The zero-order valence-electron chi connectivity index (χ0n) is 12.2. The summed E-state index contributed by atoms with van der Waals surface area (Å²) >= 11 is 0. The maximum atomic E-state index is 4.83. The predicted molar refractivity (Wildman–Crippen MR) is 82.2 cm³/mol. The van der Waals surface area contributed by atoms with E-state index in [-0.39, 0.29) is 0 Å². The molecule has 0 amide bonds. The maximum absolute atomic E-state index is 4.83. The molecule has 2 atom stereocenters. The monoisotopic (exact) mass is 256 g/mol. The Bertz CT molecular complexity index is 521. The standard InChI is InChI=1S/C17H24N2/c1-4-12-18-17(13(3)5-2)16-11-10-14-8-6-7-9-15(14)19-16/h6-11,13,17-18H,4-5,12H2,1-3H3. The minimum atomic E-state index is 0.356. The quantitative estimate of drug-likeness (QED) is 0.832. The Hall–Kier alpha value is -1.41. The van der Waals surface area contributed by atoms with E-state index in [1.165, 1.54) is 11.1 Å². The summed E-state index contributed by atoms with van der Waals surface area (Å²) in [6.07, 6.45) is 2.32. The van der Waals surface area contributed by atoms with Gasteiger partial charge in [-0.05, 0) is 31.0 Å². The third-order valence-corrected chi connectivity index (χ3v) is 3.77. The molecule has 1 N–H and O–H groups in total. The first-order valence-electron chi connectivity index (χ1n) is 7.35. The first-order chi connectivity index (χ1) is 9.26. The van der Waals surface area contributed by atoms with Crippen molar-refractivity contribution in [3.05, 3.63) is 42.1 Å². The third kappa shape index (κ3) is 3.32. The van der Waals surface area contributed by atoms with Gasteiger partial charge in [0.1, 0.15) is 0 Å². The molecule has 0 spiro atoms. The van der Waals surface area contributed by atoms with Crippen molar-refractivity contribution in [2.45, 2.75) is 39.7 Å². The van der Waals surface area contributed by atoms with Crippen LogP contribution in [0.3, 0.4) is 0 Å². The van der Waals surface area contributed by atoms with Crippen LogP contribution >= 0.6 is 0 Å². The largest absolute Gasteiger partial charge is 0.308 e. The van der Waals surface area contributed by atoms with Gasteiger partial charge in [0, 0.05) is 5.39 Å². The fourth-order valence-corrected chi connectivity index (χ4v) is 2.39. The van der Waals surface area contributed by atoms with E-state index in [9.17, 15) is 0 Å². The van der Waals surface area contributed by atoms with Crippen molar-refractivity contribution in [2.24, 2.45) is 5.92 Å². The summed E-state index contributed by atoms with van der Waals surface area (Å²) in [5, 5.41) is 4.85. The summed E-state index contributed by atoms with van der Waals surface area (Å²) in [5.74, 6) is 0.597. The average Bonchev–Trinajstić information content (AvgIpc) is 2.47. The van der Waals surface area contributed by atoms with Crippen LogP contribution in [0.15, 0.2) is 36.4 Å². The van der Waals surface area contributed by atoms with E-state index < -0.39 is 0 Å². The van der Waals surface area contributed by atoms with Crippen LogP contribution in [0.25, 0.3) is 10.9 Å². The molecule has 0 bridgehead atoms. The van der Waals surface area contributed by atoms with Gasteiger partial charge in [0.15, 0.2) is 0 Å². The highest BCUT2D eigenvalue weighted by molar-refractivity contribution is 5.78. The zero-order valence-corrected chi connectivity index (χ0v) is 12.2. The predicted octanol–water partition coefficient (Wildman–Crippen LogP) is 4.32. The number of rotatable bonds is 6. The molecular weight excluding hydrogens is 232 g/mol. The normalized spacial score (nSPS) is 14.5. The lowest BCUT2D eigenvalue weighted by molar-refractivity contribution is 0.371. The first kappa shape index (κ1) is 14.0. The van der Waals surface area contributed by atoms with Crippen LogP contribution in [0, 0.1) is 5.92 Å². The van der Waals surface area contributed by atoms with E-state index in [0.29, 0.717) is 12.0 Å². The van der Waals surface area contributed by atoms with E-state index in [2.05, 4.69) is 62.5 Å². The van der Waals surface area contributed by atoms with Gasteiger partial charge >= 0.3 is 0 Å². The lowest BCUT2D eigenvalue weighted by Gasteiger charge is -2.24. The highest BCUT2D eigenvalue weighted by atomic mass is 14.9. The van der Waals surface area contributed by atoms with Crippen molar-refractivity contribution in [2.75, 3.05) is 6.54 Å². The van der Waals surface area contributed by atoms with Crippen molar-refractivity contribution in [3.63, 3.8) is 0 Å². The second-order valence-electron chi connectivity index (χ2n) is 5.25. The molecule has 1 aromatic heterocycles. The Kier molecular flexibility index (Phi) is 4.92. The summed E-state index contributed by atoms with van der Waals surface area (Å²) in [6.45, 7) is 7.79. The number of hydrogen-bond donors (Lipinski definition) is 1. The van der Waals surface area contributed by atoms with E-state index in [4.69, 9.17) is 4.98 Å². The summed E-state index contributed by atoms with van der Waals surface area (Å²) in [5.41, 5.74) is 2.26. The molecule has 2 aromatic rings. The van der Waals surface area contributed by atoms with Crippen LogP contribution < -0.4 is 5.32 Å². The van der Waals surface area contributed by atoms with E-state index in [0.717, 1.165) is 24.9 Å². The number of para-hydroxylation sites is 1. The molecule has 102 valence electrons. The van der Waals surface area contributed by atoms with Crippen LogP contribution in [0.2, 0.25) is 0 Å². The SMILES string of the molecule is CCCNC(c1ccc2ccccc2n1)C(C)CC. The van der Waals surface area contributed by atoms with Gasteiger partial charge in [0.25, 0.3) is 0 Å². The average molecular weight is 256 g/mol. The fraction of sp³-hybridized carbons (Fsp3) is 0.471.